The Bertz CT molecular complexity index is 399. The van der Waals surface area contributed by atoms with Gasteiger partial charge in [0.2, 0.25) is 0 Å². The number of piperidine rings is 1. The third-order valence-electron chi connectivity index (χ3n) is 3.34. The zero-order valence-corrected chi connectivity index (χ0v) is 12.6. The van der Waals surface area contributed by atoms with Crippen molar-refractivity contribution in [3.63, 3.8) is 0 Å². The molecular formula is C12H17BrN2OS. The predicted octanol–water partition coefficient (Wildman–Crippen LogP) is 2.68. The molecule has 3 nitrogen and oxygen atoms in total. The highest BCUT2D eigenvalue weighted by molar-refractivity contribution is 9.11. The van der Waals surface area contributed by atoms with E-state index in [0.29, 0.717) is 6.04 Å². The van der Waals surface area contributed by atoms with E-state index in [2.05, 4.69) is 27.9 Å². The van der Waals surface area contributed by atoms with Gasteiger partial charge in [-0.05, 0) is 61.0 Å². The van der Waals surface area contributed by atoms with Gasteiger partial charge in [-0.15, -0.1) is 11.3 Å². The summed E-state index contributed by atoms with van der Waals surface area (Å²) in [5.41, 5.74) is 0. The first kappa shape index (κ1) is 13.1. The molecule has 1 aliphatic rings. The minimum atomic E-state index is 0.148. The quantitative estimate of drug-likeness (QED) is 0.837. The average molecular weight is 317 g/mol. The van der Waals surface area contributed by atoms with Crippen LogP contribution in [0.2, 0.25) is 0 Å². The maximum absolute atomic E-state index is 12.2. The summed E-state index contributed by atoms with van der Waals surface area (Å²) in [5.74, 6) is 0.148. The largest absolute Gasteiger partial charge is 0.338 e. The van der Waals surface area contributed by atoms with Crippen molar-refractivity contribution < 1.29 is 4.79 Å². The molecule has 1 aromatic rings. The number of amides is 1. The molecule has 0 saturated carbocycles. The fourth-order valence-electron chi connectivity index (χ4n) is 2.15. The molecule has 0 spiro atoms. The van der Waals surface area contributed by atoms with Crippen LogP contribution in [0.5, 0.6) is 0 Å². The van der Waals surface area contributed by atoms with E-state index < -0.39 is 0 Å². The lowest BCUT2D eigenvalue weighted by Gasteiger charge is -2.34. The van der Waals surface area contributed by atoms with Gasteiger partial charge in [0.1, 0.15) is 0 Å². The Kier molecular flexibility index (Phi) is 4.22. The normalized spacial score (nSPS) is 18.3. The fraction of sp³-hybridized carbons (Fsp3) is 0.583. The lowest BCUT2D eigenvalue weighted by Crippen LogP contribution is -2.44. The van der Waals surface area contributed by atoms with Gasteiger partial charge in [0.05, 0.1) is 8.66 Å². The molecule has 2 heterocycles. The summed E-state index contributed by atoms with van der Waals surface area (Å²) in [7, 11) is 4.06. The van der Waals surface area contributed by atoms with E-state index in [1.54, 1.807) is 0 Å². The van der Waals surface area contributed by atoms with Crippen LogP contribution >= 0.6 is 27.3 Å². The van der Waals surface area contributed by atoms with Crippen LogP contribution < -0.4 is 0 Å². The lowest BCUT2D eigenvalue weighted by atomic mass is 10.0. The van der Waals surface area contributed by atoms with E-state index in [1.165, 1.54) is 11.3 Å². The number of rotatable bonds is 2. The molecule has 0 aliphatic carbocycles. The van der Waals surface area contributed by atoms with Gasteiger partial charge < -0.3 is 9.80 Å². The van der Waals surface area contributed by atoms with E-state index in [0.717, 1.165) is 34.6 Å². The monoisotopic (exact) mass is 316 g/mol. The smallest absolute Gasteiger partial charge is 0.263 e. The number of hydrogen-bond donors (Lipinski definition) is 0. The summed E-state index contributed by atoms with van der Waals surface area (Å²) < 4.78 is 1.01. The molecule has 0 radical (unpaired) electrons. The molecule has 1 saturated heterocycles. The first-order chi connectivity index (χ1) is 8.08. The van der Waals surface area contributed by atoms with Crippen LogP contribution in [0.15, 0.2) is 15.9 Å². The summed E-state index contributed by atoms with van der Waals surface area (Å²) in [6.07, 6.45) is 2.15. The third kappa shape index (κ3) is 3.09. The molecule has 0 N–H and O–H groups in total. The summed E-state index contributed by atoms with van der Waals surface area (Å²) in [6, 6.07) is 4.21. The highest BCUT2D eigenvalue weighted by Crippen LogP contribution is 2.24. The van der Waals surface area contributed by atoms with Crippen molar-refractivity contribution in [2.45, 2.75) is 18.9 Å². The molecule has 0 bridgehead atoms. The van der Waals surface area contributed by atoms with E-state index in [1.807, 2.05) is 24.1 Å². The highest BCUT2D eigenvalue weighted by atomic mass is 79.9. The molecule has 94 valence electrons. The van der Waals surface area contributed by atoms with Crippen molar-refractivity contribution in [3.8, 4) is 0 Å². The maximum atomic E-state index is 12.2. The minimum Gasteiger partial charge on any atom is -0.338 e. The Morgan fingerprint density at radius 3 is 2.65 bits per heavy atom. The minimum absolute atomic E-state index is 0.148. The van der Waals surface area contributed by atoms with E-state index in [-0.39, 0.29) is 5.91 Å². The van der Waals surface area contributed by atoms with Crippen molar-refractivity contribution in [2.75, 3.05) is 27.2 Å². The van der Waals surface area contributed by atoms with Crippen LogP contribution in [0.25, 0.3) is 0 Å². The van der Waals surface area contributed by atoms with Gasteiger partial charge in [-0.2, -0.15) is 0 Å². The number of carbonyl (C=O) groups excluding carboxylic acids is 1. The Labute approximate surface area is 115 Å². The van der Waals surface area contributed by atoms with Gasteiger partial charge in [0.25, 0.3) is 5.91 Å². The molecule has 1 fully saturated rings. The third-order valence-corrected chi connectivity index (χ3v) is 4.95. The van der Waals surface area contributed by atoms with Gasteiger partial charge in [0.15, 0.2) is 0 Å². The summed E-state index contributed by atoms with van der Waals surface area (Å²) >= 11 is 4.90. The standard InChI is InChI=1S/C12H17BrN2OS/c1-14-7-5-9(6-8-14)15(2)12(16)10-3-4-11(13)17-10/h3-4,9H,5-8H2,1-2H3. The second-order valence-electron chi connectivity index (χ2n) is 4.55. The summed E-state index contributed by atoms with van der Waals surface area (Å²) in [4.78, 5) is 17.3. The molecule has 0 unspecified atom stereocenters. The van der Waals surface area contributed by atoms with Crippen molar-refractivity contribution >= 4 is 33.2 Å². The van der Waals surface area contributed by atoms with Gasteiger partial charge in [0, 0.05) is 13.1 Å². The van der Waals surface area contributed by atoms with Crippen molar-refractivity contribution in [3.05, 3.63) is 20.8 Å². The molecular weight excluding hydrogens is 300 g/mol. The Balaban J connectivity index is 2.00. The second kappa shape index (κ2) is 5.50. The number of thiophene rings is 1. The summed E-state index contributed by atoms with van der Waals surface area (Å²) in [6.45, 7) is 2.16. The Morgan fingerprint density at radius 2 is 2.12 bits per heavy atom. The molecule has 1 aromatic heterocycles. The fourth-order valence-corrected chi connectivity index (χ4v) is 3.52. The predicted molar refractivity (Wildman–Crippen MR) is 74.6 cm³/mol. The van der Waals surface area contributed by atoms with Gasteiger partial charge >= 0.3 is 0 Å². The molecule has 0 aromatic carbocycles. The zero-order valence-electron chi connectivity index (χ0n) is 10.1. The van der Waals surface area contributed by atoms with Gasteiger partial charge in [-0.1, -0.05) is 0 Å². The van der Waals surface area contributed by atoms with Crippen LogP contribution in [-0.2, 0) is 0 Å². The molecule has 0 atom stereocenters. The molecule has 2 rings (SSSR count). The van der Waals surface area contributed by atoms with E-state index in [9.17, 15) is 4.79 Å². The summed E-state index contributed by atoms with van der Waals surface area (Å²) in [5, 5.41) is 0. The first-order valence-electron chi connectivity index (χ1n) is 5.79. The van der Waals surface area contributed by atoms with E-state index >= 15 is 0 Å². The number of likely N-dealkylation sites (tertiary alicyclic amines) is 1. The Hall–Kier alpha value is -0.390. The van der Waals surface area contributed by atoms with Crippen LogP contribution in [0.4, 0.5) is 0 Å². The van der Waals surface area contributed by atoms with Crippen molar-refractivity contribution in [2.24, 2.45) is 0 Å². The van der Waals surface area contributed by atoms with Crippen molar-refractivity contribution in [1.29, 1.82) is 0 Å². The van der Waals surface area contributed by atoms with Crippen LogP contribution in [0.3, 0.4) is 0 Å². The topological polar surface area (TPSA) is 23.6 Å². The van der Waals surface area contributed by atoms with Gasteiger partial charge in [-0.25, -0.2) is 0 Å². The molecule has 1 amide bonds. The SMILES string of the molecule is CN1CCC(N(C)C(=O)c2ccc(Br)s2)CC1. The maximum Gasteiger partial charge on any atom is 0.263 e. The van der Waals surface area contributed by atoms with Crippen LogP contribution in [-0.4, -0.2) is 48.9 Å². The van der Waals surface area contributed by atoms with Gasteiger partial charge in [-0.3, -0.25) is 4.79 Å². The number of halogens is 1. The van der Waals surface area contributed by atoms with Crippen LogP contribution in [0, 0.1) is 0 Å². The van der Waals surface area contributed by atoms with E-state index in [4.69, 9.17) is 0 Å². The van der Waals surface area contributed by atoms with Crippen molar-refractivity contribution in [1.82, 2.24) is 9.80 Å². The number of nitrogens with zero attached hydrogens (tertiary/aromatic N) is 2. The highest BCUT2D eigenvalue weighted by Gasteiger charge is 2.25. The molecule has 17 heavy (non-hydrogen) atoms. The average Bonchev–Trinajstić information content (AvgIpc) is 2.75. The lowest BCUT2D eigenvalue weighted by molar-refractivity contribution is 0.0664. The second-order valence-corrected chi connectivity index (χ2v) is 7.02. The number of hydrogen-bond acceptors (Lipinski definition) is 3. The molecule has 1 aliphatic heterocycles. The molecule has 5 heteroatoms. The van der Waals surface area contributed by atoms with Crippen LogP contribution in [0.1, 0.15) is 22.5 Å². The Morgan fingerprint density at radius 1 is 1.47 bits per heavy atom. The first-order valence-corrected chi connectivity index (χ1v) is 7.40. The zero-order chi connectivity index (χ0) is 12.4. The number of carbonyl (C=O) groups is 1.